The molecule has 3 rings (SSSR count). The number of aromatic nitrogens is 2. The minimum Gasteiger partial charge on any atom is -0.375 e. The Morgan fingerprint density at radius 3 is 3.05 bits per heavy atom. The van der Waals surface area contributed by atoms with Gasteiger partial charge in [-0.1, -0.05) is 5.16 Å². The maximum absolute atomic E-state index is 5.82. The molecule has 2 saturated heterocycles. The minimum absolute atomic E-state index is 0.226. The van der Waals surface area contributed by atoms with Crippen LogP contribution in [0.2, 0.25) is 0 Å². The van der Waals surface area contributed by atoms with E-state index in [4.69, 9.17) is 9.26 Å². The average Bonchev–Trinajstić information content (AvgIpc) is 3.06. The van der Waals surface area contributed by atoms with Crippen molar-refractivity contribution in [3.05, 3.63) is 11.7 Å². The fourth-order valence-corrected chi connectivity index (χ4v) is 2.98. The summed E-state index contributed by atoms with van der Waals surface area (Å²) in [4.78, 5) is 6.82. The second-order valence-corrected chi connectivity index (χ2v) is 5.93. The smallest absolute Gasteiger partial charge is 0.226 e. The molecule has 0 spiro atoms. The first-order valence-electron chi connectivity index (χ1n) is 7.61. The van der Waals surface area contributed by atoms with E-state index < -0.39 is 0 Å². The number of aryl methyl sites for hydroxylation is 1. The Bertz CT molecular complexity index is 437. The van der Waals surface area contributed by atoms with Crippen molar-refractivity contribution in [1.29, 1.82) is 0 Å². The average molecular weight is 280 g/mol. The second kappa shape index (κ2) is 6.20. The van der Waals surface area contributed by atoms with E-state index in [-0.39, 0.29) is 6.04 Å². The van der Waals surface area contributed by atoms with Gasteiger partial charge < -0.3 is 14.6 Å². The van der Waals surface area contributed by atoms with Crippen LogP contribution in [0.3, 0.4) is 0 Å². The summed E-state index contributed by atoms with van der Waals surface area (Å²) >= 11 is 0. The van der Waals surface area contributed by atoms with E-state index in [9.17, 15) is 0 Å². The summed E-state index contributed by atoms with van der Waals surface area (Å²) in [6, 6.07) is 0.226. The third-order valence-electron chi connectivity index (χ3n) is 4.29. The lowest BCUT2D eigenvalue weighted by molar-refractivity contribution is 0.0500. The molecule has 0 aliphatic carbocycles. The molecule has 20 heavy (non-hydrogen) atoms. The highest BCUT2D eigenvalue weighted by Gasteiger charge is 2.26. The molecular formula is C14H24N4O2. The maximum atomic E-state index is 5.82. The van der Waals surface area contributed by atoms with Crippen LogP contribution in [0, 0.1) is 0 Å². The Balaban J connectivity index is 1.53. The molecule has 3 atom stereocenters. The van der Waals surface area contributed by atoms with Crippen molar-refractivity contribution in [3.63, 3.8) is 0 Å². The van der Waals surface area contributed by atoms with Gasteiger partial charge in [0.25, 0.3) is 0 Å². The van der Waals surface area contributed by atoms with E-state index >= 15 is 0 Å². The van der Waals surface area contributed by atoms with Crippen molar-refractivity contribution in [2.24, 2.45) is 0 Å². The summed E-state index contributed by atoms with van der Waals surface area (Å²) in [7, 11) is 2.11. The molecule has 6 nitrogen and oxygen atoms in total. The van der Waals surface area contributed by atoms with E-state index in [1.165, 1.54) is 0 Å². The predicted octanol–water partition coefficient (Wildman–Crippen LogP) is 1.15. The molecule has 0 saturated carbocycles. The van der Waals surface area contributed by atoms with Gasteiger partial charge in [-0.25, -0.2) is 0 Å². The van der Waals surface area contributed by atoms with E-state index in [1.807, 2.05) is 0 Å². The number of hydrogen-bond donors (Lipinski definition) is 1. The summed E-state index contributed by atoms with van der Waals surface area (Å²) in [6.45, 7) is 5.06. The van der Waals surface area contributed by atoms with E-state index in [0.29, 0.717) is 12.2 Å². The van der Waals surface area contributed by atoms with Gasteiger partial charge in [-0.3, -0.25) is 4.90 Å². The molecule has 0 bridgehead atoms. The van der Waals surface area contributed by atoms with Crippen LogP contribution in [0.1, 0.15) is 43.9 Å². The lowest BCUT2D eigenvalue weighted by Gasteiger charge is -2.30. The van der Waals surface area contributed by atoms with E-state index in [1.54, 1.807) is 0 Å². The van der Waals surface area contributed by atoms with Crippen LogP contribution in [0.25, 0.3) is 0 Å². The number of hydrogen-bond acceptors (Lipinski definition) is 6. The molecular weight excluding hydrogens is 256 g/mol. The molecule has 0 radical (unpaired) electrons. The monoisotopic (exact) mass is 280 g/mol. The van der Waals surface area contributed by atoms with Gasteiger partial charge >= 0.3 is 0 Å². The summed E-state index contributed by atoms with van der Waals surface area (Å²) in [6.07, 6.45) is 4.87. The van der Waals surface area contributed by atoms with Crippen LogP contribution in [0.4, 0.5) is 0 Å². The quantitative estimate of drug-likeness (QED) is 0.892. The first-order valence-corrected chi connectivity index (χ1v) is 7.61. The highest BCUT2D eigenvalue weighted by molar-refractivity contribution is 4.98. The van der Waals surface area contributed by atoms with Gasteiger partial charge in [-0.05, 0) is 33.2 Å². The first-order chi connectivity index (χ1) is 9.72. The predicted molar refractivity (Wildman–Crippen MR) is 74.4 cm³/mol. The van der Waals surface area contributed by atoms with E-state index in [2.05, 4.69) is 34.3 Å². The van der Waals surface area contributed by atoms with Crippen LogP contribution < -0.4 is 5.32 Å². The molecule has 6 heteroatoms. The third-order valence-corrected chi connectivity index (χ3v) is 4.29. The van der Waals surface area contributed by atoms with Gasteiger partial charge in [-0.2, -0.15) is 4.98 Å². The highest BCUT2D eigenvalue weighted by Crippen LogP contribution is 2.23. The lowest BCUT2D eigenvalue weighted by atomic mass is 10.1. The molecule has 1 N–H and O–H groups in total. The highest BCUT2D eigenvalue weighted by atomic mass is 16.5. The molecule has 2 aliphatic heterocycles. The van der Waals surface area contributed by atoms with Gasteiger partial charge in [-0.15, -0.1) is 0 Å². The summed E-state index contributed by atoms with van der Waals surface area (Å²) in [5, 5.41) is 7.51. The SMILES string of the molecule is CC1CCC(CCc2nc(C3CNCCN3C)no2)O1. The Hall–Kier alpha value is -0.980. The fraction of sp³-hybridized carbons (Fsp3) is 0.857. The van der Waals surface area contributed by atoms with Crippen LogP contribution in [0.5, 0.6) is 0 Å². The van der Waals surface area contributed by atoms with Gasteiger partial charge in [0, 0.05) is 26.1 Å². The van der Waals surface area contributed by atoms with Gasteiger partial charge in [0.2, 0.25) is 5.89 Å². The molecule has 1 aromatic rings. The number of piperazine rings is 1. The number of nitrogens with one attached hydrogen (secondary N) is 1. The van der Waals surface area contributed by atoms with Gasteiger partial charge in [0.15, 0.2) is 5.82 Å². The Kier molecular flexibility index (Phi) is 4.33. The van der Waals surface area contributed by atoms with Gasteiger partial charge in [0.1, 0.15) is 0 Å². The minimum atomic E-state index is 0.226. The largest absolute Gasteiger partial charge is 0.375 e. The number of rotatable bonds is 4. The number of likely N-dealkylation sites (N-methyl/N-ethyl adjacent to an activating group) is 1. The third kappa shape index (κ3) is 3.19. The molecule has 2 aliphatic rings. The zero-order valence-electron chi connectivity index (χ0n) is 12.3. The number of ether oxygens (including phenoxy) is 1. The van der Waals surface area contributed by atoms with Crippen LogP contribution in [-0.4, -0.2) is 53.9 Å². The van der Waals surface area contributed by atoms with Gasteiger partial charge in [0.05, 0.1) is 18.2 Å². The molecule has 2 fully saturated rings. The molecule has 0 aromatic carbocycles. The zero-order chi connectivity index (χ0) is 13.9. The molecule has 1 aromatic heterocycles. The zero-order valence-corrected chi connectivity index (χ0v) is 12.3. The second-order valence-electron chi connectivity index (χ2n) is 5.93. The topological polar surface area (TPSA) is 63.4 Å². The summed E-state index contributed by atoms with van der Waals surface area (Å²) in [5.41, 5.74) is 0. The summed E-state index contributed by atoms with van der Waals surface area (Å²) in [5.74, 6) is 1.54. The lowest BCUT2D eigenvalue weighted by Crippen LogP contribution is -2.44. The van der Waals surface area contributed by atoms with Crippen molar-refractivity contribution in [2.75, 3.05) is 26.7 Å². The first kappa shape index (κ1) is 14.0. The summed E-state index contributed by atoms with van der Waals surface area (Å²) < 4.78 is 11.2. The molecule has 3 heterocycles. The number of nitrogens with zero attached hydrogens (tertiary/aromatic N) is 3. The molecule has 0 amide bonds. The van der Waals surface area contributed by atoms with Crippen molar-refractivity contribution in [2.45, 2.75) is 50.9 Å². The Labute approximate surface area is 119 Å². The van der Waals surface area contributed by atoms with E-state index in [0.717, 1.165) is 57.0 Å². The van der Waals surface area contributed by atoms with Crippen LogP contribution in [0.15, 0.2) is 4.52 Å². The standard InChI is InChI=1S/C14H24N4O2/c1-10-3-4-11(19-10)5-6-13-16-14(17-20-13)12-9-15-7-8-18(12)2/h10-12,15H,3-9H2,1-2H3. The van der Waals surface area contributed by atoms with Crippen molar-refractivity contribution >= 4 is 0 Å². The molecule has 3 unspecified atom stereocenters. The Morgan fingerprint density at radius 1 is 1.40 bits per heavy atom. The Morgan fingerprint density at radius 2 is 2.30 bits per heavy atom. The van der Waals surface area contributed by atoms with Crippen LogP contribution >= 0.6 is 0 Å². The van der Waals surface area contributed by atoms with Crippen molar-refractivity contribution in [3.8, 4) is 0 Å². The normalized spacial score (nSPS) is 31.8. The maximum Gasteiger partial charge on any atom is 0.226 e. The van der Waals surface area contributed by atoms with Crippen molar-refractivity contribution in [1.82, 2.24) is 20.4 Å². The fourth-order valence-electron chi connectivity index (χ4n) is 2.98. The molecule has 112 valence electrons. The van der Waals surface area contributed by atoms with Crippen molar-refractivity contribution < 1.29 is 9.26 Å². The van der Waals surface area contributed by atoms with Crippen LogP contribution in [-0.2, 0) is 11.2 Å².